The van der Waals surface area contributed by atoms with Crippen molar-refractivity contribution in [2.45, 2.75) is 37.5 Å². The van der Waals surface area contributed by atoms with Gasteiger partial charge in [-0.05, 0) is 48.7 Å². The van der Waals surface area contributed by atoms with Crippen LogP contribution in [-0.4, -0.2) is 18.4 Å². The Bertz CT molecular complexity index is 814. The number of carbonyl (C=O) groups is 2. The molecule has 2 amide bonds. The van der Waals surface area contributed by atoms with Crippen LogP contribution in [0.1, 0.15) is 37.7 Å². The van der Waals surface area contributed by atoms with E-state index in [1.807, 2.05) is 24.3 Å². The predicted molar refractivity (Wildman–Crippen MR) is 106 cm³/mol. The van der Waals surface area contributed by atoms with Gasteiger partial charge in [0.25, 0.3) is 5.91 Å². The lowest BCUT2D eigenvalue weighted by Crippen LogP contribution is -2.42. The van der Waals surface area contributed by atoms with Gasteiger partial charge in [-0.25, -0.2) is 0 Å². The molecule has 0 aromatic heterocycles. The van der Waals surface area contributed by atoms with Crippen LogP contribution in [0.2, 0.25) is 5.02 Å². The smallest absolute Gasteiger partial charge is 0.255 e. The van der Waals surface area contributed by atoms with E-state index in [1.165, 1.54) is 0 Å². The summed E-state index contributed by atoms with van der Waals surface area (Å²) in [5, 5.41) is 3.65. The predicted octanol–water partition coefficient (Wildman–Crippen LogP) is 4.04. The van der Waals surface area contributed by atoms with E-state index in [4.69, 9.17) is 22.1 Å². The summed E-state index contributed by atoms with van der Waals surface area (Å²) in [4.78, 5) is 24.1. The Morgan fingerprint density at radius 1 is 1.04 bits per heavy atom. The molecule has 1 saturated carbocycles. The number of hydrogen-bond donors (Lipinski definition) is 2. The van der Waals surface area contributed by atoms with Gasteiger partial charge in [0.1, 0.15) is 5.75 Å². The molecule has 142 valence electrons. The molecule has 0 aliphatic heterocycles. The Balaban J connectivity index is 1.79. The average Bonchev–Trinajstić information content (AvgIpc) is 2.68. The third-order valence-corrected chi connectivity index (χ3v) is 5.35. The van der Waals surface area contributed by atoms with E-state index in [2.05, 4.69) is 5.32 Å². The lowest BCUT2D eigenvalue weighted by atomic mass is 9.68. The lowest BCUT2D eigenvalue weighted by Gasteiger charge is -2.37. The molecule has 0 unspecified atom stereocenters. The van der Waals surface area contributed by atoms with Crippen LogP contribution < -0.4 is 15.8 Å². The normalized spacial score (nSPS) is 15.7. The van der Waals surface area contributed by atoms with Crippen LogP contribution in [0.5, 0.6) is 5.75 Å². The van der Waals surface area contributed by atoms with E-state index in [1.54, 1.807) is 24.3 Å². The first-order valence-electron chi connectivity index (χ1n) is 9.09. The maximum absolute atomic E-state index is 13.3. The summed E-state index contributed by atoms with van der Waals surface area (Å²) in [7, 11) is 0. The topological polar surface area (TPSA) is 81.4 Å². The van der Waals surface area contributed by atoms with E-state index >= 15 is 0 Å². The highest BCUT2D eigenvalue weighted by Crippen LogP contribution is 2.43. The number of benzene rings is 2. The maximum atomic E-state index is 13.3. The van der Waals surface area contributed by atoms with E-state index in [9.17, 15) is 9.59 Å². The summed E-state index contributed by atoms with van der Waals surface area (Å²) in [5.41, 5.74) is 6.02. The number of hydrogen-bond acceptors (Lipinski definition) is 3. The third-order valence-electron chi connectivity index (χ3n) is 5.02. The van der Waals surface area contributed by atoms with Crippen molar-refractivity contribution in [3.8, 4) is 5.75 Å². The number of ether oxygens (including phenoxy) is 1. The van der Waals surface area contributed by atoms with Crippen LogP contribution in [0.3, 0.4) is 0 Å². The molecule has 5 nitrogen and oxygen atoms in total. The van der Waals surface area contributed by atoms with E-state index < -0.39 is 11.3 Å². The number of primary amides is 1. The van der Waals surface area contributed by atoms with Gasteiger partial charge in [0.05, 0.1) is 5.41 Å². The molecule has 0 heterocycles. The van der Waals surface area contributed by atoms with Gasteiger partial charge in [-0.2, -0.15) is 0 Å². The fourth-order valence-corrected chi connectivity index (χ4v) is 3.98. The van der Waals surface area contributed by atoms with E-state index in [0.717, 1.165) is 37.7 Å². The average molecular weight is 387 g/mol. The van der Waals surface area contributed by atoms with Crippen LogP contribution in [0, 0.1) is 0 Å². The molecule has 0 spiro atoms. The zero-order valence-electron chi connectivity index (χ0n) is 15.0. The van der Waals surface area contributed by atoms with E-state index in [0.29, 0.717) is 16.5 Å². The number of carbonyl (C=O) groups excluding carboxylic acids is 2. The van der Waals surface area contributed by atoms with Crippen LogP contribution >= 0.6 is 11.6 Å². The minimum atomic E-state index is -0.613. The standard InChI is InChI=1S/C21H23ClN2O3/c22-18-7-3-2-6-17(18)21(12-4-1-5-13-21)20(26)24-15-8-10-16(11-9-15)27-14-19(23)25/h2-3,6-11H,1,4-5,12-14H2,(H2,23,25)(H,24,26). The minimum Gasteiger partial charge on any atom is -0.484 e. The molecule has 0 atom stereocenters. The molecular weight excluding hydrogens is 364 g/mol. The fourth-order valence-electron chi connectivity index (χ4n) is 3.66. The number of rotatable bonds is 6. The Labute approximate surface area is 163 Å². The zero-order chi connectivity index (χ0) is 19.3. The summed E-state index contributed by atoms with van der Waals surface area (Å²) in [5.74, 6) is -0.0576. The van der Waals surface area contributed by atoms with Gasteiger partial charge in [0.2, 0.25) is 5.91 Å². The van der Waals surface area contributed by atoms with Gasteiger partial charge in [-0.15, -0.1) is 0 Å². The van der Waals surface area contributed by atoms with Crippen molar-refractivity contribution in [1.29, 1.82) is 0 Å². The van der Waals surface area contributed by atoms with Crippen LogP contribution in [0.15, 0.2) is 48.5 Å². The maximum Gasteiger partial charge on any atom is 0.255 e. The number of nitrogens with two attached hydrogens (primary N) is 1. The Hall–Kier alpha value is -2.53. The van der Waals surface area contributed by atoms with Gasteiger partial charge in [-0.1, -0.05) is 49.1 Å². The molecule has 1 aliphatic rings. The highest BCUT2D eigenvalue weighted by molar-refractivity contribution is 6.31. The molecule has 0 saturated heterocycles. The molecule has 0 radical (unpaired) electrons. The molecule has 3 rings (SSSR count). The first-order chi connectivity index (χ1) is 13.0. The van der Waals surface area contributed by atoms with E-state index in [-0.39, 0.29) is 12.5 Å². The largest absolute Gasteiger partial charge is 0.484 e. The molecule has 6 heteroatoms. The van der Waals surface area contributed by atoms with Crippen molar-refractivity contribution in [2.24, 2.45) is 5.73 Å². The van der Waals surface area contributed by atoms with Gasteiger partial charge in [-0.3, -0.25) is 9.59 Å². The Morgan fingerprint density at radius 2 is 1.70 bits per heavy atom. The first kappa shape index (κ1) is 19.2. The molecule has 1 fully saturated rings. The van der Waals surface area contributed by atoms with Crippen LogP contribution in [0.25, 0.3) is 0 Å². The molecule has 3 N–H and O–H groups in total. The van der Waals surface area contributed by atoms with Gasteiger partial charge >= 0.3 is 0 Å². The molecule has 1 aliphatic carbocycles. The molecule has 27 heavy (non-hydrogen) atoms. The van der Waals surface area contributed by atoms with Crippen molar-refractivity contribution >= 4 is 29.1 Å². The SMILES string of the molecule is NC(=O)COc1ccc(NC(=O)C2(c3ccccc3Cl)CCCCC2)cc1. The minimum absolute atomic E-state index is 0.0406. The number of nitrogens with one attached hydrogen (secondary N) is 1. The van der Waals surface area contributed by atoms with Crippen molar-refractivity contribution in [3.63, 3.8) is 0 Å². The second-order valence-corrected chi connectivity index (χ2v) is 7.26. The van der Waals surface area contributed by atoms with Crippen molar-refractivity contribution < 1.29 is 14.3 Å². The monoisotopic (exact) mass is 386 g/mol. The first-order valence-corrected chi connectivity index (χ1v) is 9.47. The summed E-state index contributed by atoms with van der Waals surface area (Å²) in [6.07, 6.45) is 4.69. The quantitative estimate of drug-likeness (QED) is 0.785. The Morgan fingerprint density at radius 3 is 2.33 bits per heavy atom. The van der Waals surface area contributed by atoms with Gasteiger partial charge in [0, 0.05) is 10.7 Å². The Kier molecular flexibility index (Phi) is 6.01. The highest BCUT2D eigenvalue weighted by Gasteiger charge is 2.42. The van der Waals surface area contributed by atoms with Crippen LogP contribution in [-0.2, 0) is 15.0 Å². The zero-order valence-corrected chi connectivity index (χ0v) is 15.8. The van der Waals surface area contributed by atoms with Crippen molar-refractivity contribution in [3.05, 3.63) is 59.1 Å². The summed E-state index contributed by atoms with van der Waals surface area (Å²) >= 11 is 6.44. The second kappa shape index (κ2) is 8.44. The molecule has 2 aromatic carbocycles. The van der Waals surface area contributed by atoms with Gasteiger partial charge in [0.15, 0.2) is 6.61 Å². The highest BCUT2D eigenvalue weighted by atomic mass is 35.5. The number of anilines is 1. The van der Waals surface area contributed by atoms with Crippen LogP contribution in [0.4, 0.5) is 5.69 Å². The van der Waals surface area contributed by atoms with Crippen molar-refractivity contribution in [2.75, 3.05) is 11.9 Å². The van der Waals surface area contributed by atoms with Gasteiger partial charge < -0.3 is 15.8 Å². The summed E-state index contributed by atoms with van der Waals surface area (Å²) in [6, 6.07) is 14.5. The number of halogens is 1. The molecule has 0 bridgehead atoms. The van der Waals surface area contributed by atoms with Crippen molar-refractivity contribution in [1.82, 2.24) is 0 Å². The molecule has 2 aromatic rings. The third kappa shape index (κ3) is 4.42. The second-order valence-electron chi connectivity index (χ2n) is 6.86. The molecular formula is C21H23ClN2O3. The number of amides is 2. The lowest BCUT2D eigenvalue weighted by molar-refractivity contribution is -0.123. The summed E-state index contributed by atoms with van der Waals surface area (Å²) in [6.45, 7) is -0.179. The fraction of sp³-hybridized carbons (Fsp3) is 0.333. The summed E-state index contributed by atoms with van der Waals surface area (Å²) < 4.78 is 5.24.